The molecule has 2 atom stereocenters. The predicted octanol–water partition coefficient (Wildman–Crippen LogP) is 4.26. The molecule has 0 saturated heterocycles. The molecule has 0 aromatic carbocycles. The molecule has 0 heterocycles. The molecule has 1 aliphatic rings. The fraction of sp³-hybridized carbons (Fsp3) is 0.824. The lowest BCUT2D eigenvalue weighted by Crippen LogP contribution is -2.38. The Morgan fingerprint density at radius 2 is 1.95 bits per heavy atom. The van der Waals surface area contributed by atoms with Gasteiger partial charge in [0, 0.05) is 19.0 Å². The molecule has 0 spiro atoms. The summed E-state index contributed by atoms with van der Waals surface area (Å²) >= 11 is 0. The Balaban J connectivity index is 2.41. The second-order valence-electron chi connectivity index (χ2n) is 7.81. The number of carbonyl (C=O) groups excluding carboxylic acids is 1. The minimum atomic E-state index is -0.262. The first kappa shape index (κ1) is 16.3. The summed E-state index contributed by atoms with van der Waals surface area (Å²) in [6.45, 7) is 13.6. The molecule has 19 heavy (non-hydrogen) atoms. The van der Waals surface area contributed by atoms with E-state index in [2.05, 4.69) is 26.8 Å². The molecule has 1 amide bonds. The summed E-state index contributed by atoms with van der Waals surface area (Å²) in [5, 5.41) is 0. The molecular weight excluding hydrogens is 234 g/mol. The predicted molar refractivity (Wildman–Crippen MR) is 82.0 cm³/mol. The van der Waals surface area contributed by atoms with Crippen LogP contribution in [0.25, 0.3) is 0 Å². The third-order valence-corrected chi connectivity index (χ3v) is 4.29. The van der Waals surface area contributed by atoms with Gasteiger partial charge in [0.1, 0.15) is 0 Å². The van der Waals surface area contributed by atoms with Crippen molar-refractivity contribution in [1.82, 2.24) is 4.90 Å². The maximum Gasteiger partial charge on any atom is 0.227 e. The monoisotopic (exact) mass is 265 g/mol. The molecule has 0 radical (unpaired) electrons. The van der Waals surface area contributed by atoms with Crippen LogP contribution in [0.5, 0.6) is 0 Å². The topological polar surface area (TPSA) is 20.3 Å². The van der Waals surface area contributed by atoms with Crippen molar-refractivity contribution in [3.8, 4) is 0 Å². The van der Waals surface area contributed by atoms with E-state index in [0.717, 1.165) is 6.54 Å². The van der Waals surface area contributed by atoms with Crippen molar-refractivity contribution in [2.45, 2.75) is 60.8 Å². The molecule has 0 aromatic heterocycles. The van der Waals surface area contributed by atoms with Gasteiger partial charge in [0.25, 0.3) is 0 Å². The van der Waals surface area contributed by atoms with Crippen molar-refractivity contribution >= 4 is 5.91 Å². The van der Waals surface area contributed by atoms with Gasteiger partial charge in [-0.2, -0.15) is 0 Å². The Bertz CT molecular complexity index is 360. The summed E-state index contributed by atoms with van der Waals surface area (Å²) in [4.78, 5) is 14.1. The van der Waals surface area contributed by atoms with Crippen molar-refractivity contribution in [3.63, 3.8) is 0 Å². The van der Waals surface area contributed by atoms with Crippen LogP contribution in [-0.4, -0.2) is 24.4 Å². The van der Waals surface area contributed by atoms with Crippen LogP contribution in [0, 0.1) is 16.7 Å². The third kappa shape index (κ3) is 4.67. The summed E-state index contributed by atoms with van der Waals surface area (Å²) in [5.74, 6) is 0.945. The van der Waals surface area contributed by atoms with Crippen molar-refractivity contribution in [1.29, 1.82) is 0 Å². The van der Waals surface area contributed by atoms with E-state index in [-0.39, 0.29) is 11.3 Å². The second-order valence-corrected chi connectivity index (χ2v) is 7.81. The molecule has 2 unspecified atom stereocenters. The van der Waals surface area contributed by atoms with Crippen LogP contribution in [0.4, 0.5) is 0 Å². The van der Waals surface area contributed by atoms with Gasteiger partial charge >= 0.3 is 0 Å². The molecule has 1 saturated carbocycles. The normalized spacial score (nSPS) is 25.9. The molecule has 0 bridgehead atoms. The molecule has 1 fully saturated rings. The molecule has 110 valence electrons. The van der Waals surface area contributed by atoms with Gasteiger partial charge < -0.3 is 4.90 Å². The zero-order valence-corrected chi connectivity index (χ0v) is 13.8. The average Bonchev–Trinajstić information content (AvgIpc) is 2.86. The minimum Gasteiger partial charge on any atom is -0.345 e. The van der Waals surface area contributed by atoms with E-state index in [1.165, 1.54) is 24.8 Å². The Kier molecular flexibility index (Phi) is 4.86. The molecule has 0 aromatic rings. The number of rotatable bonds is 5. The van der Waals surface area contributed by atoms with Gasteiger partial charge in [0.15, 0.2) is 0 Å². The first-order valence-electron chi connectivity index (χ1n) is 7.45. The van der Waals surface area contributed by atoms with Crippen LogP contribution in [-0.2, 0) is 4.79 Å². The maximum atomic E-state index is 12.2. The number of hydrogen-bond acceptors (Lipinski definition) is 1. The zero-order chi connectivity index (χ0) is 14.8. The number of nitrogens with zero attached hydrogens (tertiary/aromatic N) is 1. The molecule has 2 nitrogen and oxygen atoms in total. The second kappa shape index (κ2) is 5.68. The molecule has 0 aliphatic heterocycles. The first-order valence-corrected chi connectivity index (χ1v) is 7.45. The van der Waals surface area contributed by atoms with Gasteiger partial charge in [-0.3, -0.25) is 4.79 Å². The van der Waals surface area contributed by atoms with E-state index in [1.807, 2.05) is 32.7 Å². The van der Waals surface area contributed by atoms with Crippen LogP contribution in [0.15, 0.2) is 11.6 Å². The highest BCUT2D eigenvalue weighted by Crippen LogP contribution is 2.55. The molecule has 2 heteroatoms. The molecule has 1 aliphatic carbocycles. The minimum absolute atomic E-state index is 0.256. The molecule has 0 N–H and O–H groups in total. The fourth-order valence-electron chi connectivity index (χ4n) is 2.77. The summed E-state index contributed by atoms with van der Waals surface area (Å²) in [6.07, 6.45) is 6.02. The van der Waals surface area contributed by atoms with Crippen molar-refractivity contribution in [2.75, 3.05) is 13.6 Å². The first-order chi connectivity index (χ1) is 8.56. The SMILES string of the molecule is CC(C)=CCCC1(C)CC1CN(C)C(=O)C(C)(C)C. The average molecular weight is 265 g/mol. The van der Waals surface area contributed by atoms with Gasteiger partial charge in [0.2, 0.25) is 5.91 Å². The van der Waals surface area contributed by atoms with Crippen LogP contribution in [0.2, 0.25) is 0 Å². The van der Waals surface area contributed by atoms with E-state index in [1.54, 1.807) is 0 Å². The fourth-order valence-corrected chi connectivity index (χ4v) is 2.77. The van der Waals surface area contributed by atoms with E-state index >= 15 is 0 Å². The lowest BCUT2D eigenvalue weighted by atomic mass is 9.94. The van der Waals surface area contributed by atoms with E-state index in [0.29, 0.717) is 11.3 Å². The summed E-state index contributed by atoms with van der Waals surface area (Å²) in [7, 11) is 1.95. The lowest BCUT2D eigenvalue weighted by Gasteiger charge is -2.26. The standard InChI is InChI=1S/C17H31NO/c1-13(2)9-8-10-17(6)11-14(17)12-18(7)15(19)16(3,4)5/h9,14H,8,10-12H2,1-7H3. The summed E-state index contributed by atoms with van der Waals surface area (Å²) < 4.78 is 0. The van der Waals surface area contributed by atoms with Gasteiger partial charge in [-0.25, -0.2) is 0 Å². The molecule has 1 rings (SSSR count). The highest BCUT2D eigenvalue weighted by atomic mass is 16.2. The highest BCUT2D eigenvalue weighted by Gasteiger charge is 2.49. The molecular formula is C17H31NO. The Morgan fingerprint density at radius 3 is 2.42 bits per heavy atom. The van der Waals surface area contributed by atoms with Crippen molar-refractivity contribution < 1.29 is 4.79 Å². The van der Waals surface area contributed by atoms with E-state index in [4.69, 9.17) is 0 Å². The van der Waals surface area contributed by atoms with Crippen molar-refractivity contribution in [2.24, 2.45) is 16.7 Å². The third-order valence-electron chi connectivity index (χ3n) is 4.29. The van der Waals surface area contributed by atoms with Crippen LogP contribution >= 0.6 is 0 Å². The lowest BCUT2D eigenvalue weighted by molar-refractivity contribution is -0.138. The smallest absolute Gasteiger partial charge is 0.227 e. The van der Waals surface area contributed by atoms with E-state index < -0.39 is 0 Å². The number of hydrogen-bond donors (Lipinski definition) is 0. The Labute approximate surface area is 119 Å². The van der Waals surface area contributed by atoms with Gasteiger partial charge in [-0.05, 0) is 44.4 Å². The van der Waals surface area contributed by atoms with Gasteiger partial charge in [-0.1, -0.05) is 39.3 Å². The van der Waals surface area contributed by atoms with Crippen LogP contribution in [0.1, 0.15) is 60.8 Å². The zero-order valence-electron chi connectivity index (χ0n) is 13.8. The van der Waals surface area contributed by atoms with Gasteiger partial charge in [0.05, 0.1) is 0 Å². The van der Waals surface area contributed by atoms with Crippen molar-refractivity contribution in [3.05, 3.63) is 11.6 Å². The van der Waals surface area contributed by atoms with Gasteiger partial charge in [-0.15, -0.1) is 0 Å². The number of carbonyl (C=O) groups is 1. The van der Waals surface area contributed by atoms with Crippen LogP contribution in [0.3, 0.4) is 0 Å². The largest absolute Gasteiger partial charge is 0.345 e. The van der Waals surface area contributed by atoms with Crippen LogP contribution < -0.4 is 0 Å². The Hall–Kier alpha value is -0.790. The summed E-state index contributed by atoms with van der Waals surface area (Å²) in [6, 6.07) is 0. The quantitative estimate of drug-likeness (QED) is 0.680. The Morgan fingerprint density at radius 1 is 1.37 bits per heavy atom. The number of allylic oxidation sites excluding steroid dienone is 2. The number of amides is 1. The highest BCUT2D eigenvalue weighted by molar-refractivity contribution is 5.81. The maximum absolute atomic E-state index is 12.2. The van der Waals surface area contributed by atoms with E-state index in [9.17, 15) is 4.79 Å². The summed E-state index contributed by atoms with van der Waals surface area (Å²) in [5.41, 5.74) is 1.60.